The number of benzene rings is 1. The van der Waals surface area contributed by atoms with E-state index in [1.165, 1.54) is 24.0 Å². The lowest BCUT2D eigenvalue weighted by atomic mass is 9.76. The summed E-state index contributed by atoms with van der Waals surface area (Å²) in [7, 11) is 1.94. The van der Waals surface area contributed by atoms with Crippen molar-refractivity contribution < 1.29 is 0 Å². The summed E-state index contributed by atoms with van der Waals surface area (Å²) in [6.07, 6.45) is 6.31. The van der Waals surface area contributed by atoms with Gasteiger partial charge in [-0.15, -0.1) is 0 Å². The Bertz CT molecular complexity index is 558. The highest BCUT2D eigenvalue weighted by atomic mass is 35.5. The number of hydrogen-bond acceptors (Lipinski definition) is 2. The fourth-order valence-electron chi connectivity index (χ4n) is 2.67. The number of halogens is 1. The number of nitrogens with zero attached hydrogens (tertiary/aromatic N) is 2. The zero-order valence-corrected chi connectivity index (χ0v) is 11.8. The topological polar surface area (TPSA) is 29.9 Å². The molecule has 100 valence electrons. The maximum absolute atomic E-state index is 6.22. The largest absolute Gasteiger partial charge is 0.310 e. The van der Waals surface area contributed by atoms with Gasteiger partial charge < -0.3 is 5.32 Å². The minimum Gasteiger partial charge on any atom is -0.310 e. The Morgan fingerprint density at radius 1 is 1.37 bits per heavy atom. The molecule has 0 radical (unpaired) electrons. The van der Waals surface area contributed by atoms with Gasteiger partial charge >= 0.3 is 0 Å². The van der Waals surface area contributed by atoms with Crippen molar-refractivity contribution in [3.8, 4) is 0 Å². The Labute approximate surface area is 118 Å². The van der Waals surface area contributed by atoms with Gasteiger partial charge in [0, 0.05) is 36.4 Å². The molecule has 0 bridgehead atoms. The van der Waals surface area contributed by atoms with Crippen LogP contribution in [0.3, 0.4) is 0 Å². The van der Waals surface area contributed by atoms with Crippen LogP contribution in [0.15, 0.2) is 36.7 Å². The average molecular weight is 276 g/mol. The molecule has 0 atom stereocenters. The third-order valence-electron chi connectivity index (χ3n) is 3.84. The zero-order chi connectivity index (χ0) is 13.2. The molecule has 1 aliphatic carbocycles. The van der Waals surface area contributed by atoms with Gasteiger partial charge in [-0.3, -0.25) is 4.68 Å². The molecular weight excluding hydrogens is 258 g/mol. The van der Waals surface area contributed by atoms with Crippen LogP contribution < -0.4 is 5.32 Å². The van der Waals surface area contributed by atoms with Gasteiger partial charge in [-0.25, -0.2) is 0 Å². The van der Waals surface area contributed by atoms with Crippen LogP contribution in [0, 0.1) is 0 Å². The monoisotopic (exact) mass is 275 g/mol. The molecule has 4 heteroatoms. The quantitative estimate of drug-likeness (QED) is 0.929. The number of nitrogens with one attached hydrogen (secondary N) is 1. The summed E-state index contributed by atoms with van der Waals surface area (Å²) >= 11 is 6.22. The van der Waals surface area contributed by atoms with Crippen LogP contribution in [0.4, 0.5) is 0 Å². The van der Waals surface area contributed by atoms with Gasteiger partial charge in [0.25, 0.3) is 0 Å². The molecule has 0 amide bonds. The van der Waals surface area contributed by atoms with E-state index in [2.05, 4.69) is 28.7 Å². The summed E-state index contributed by atoms with van der Waals surface area (Å²) in [4.78, 5) is 0. The highest BCUT2D eigenvalue weighted by molar-refractivity contribution is 6.31. The maximum Gasteiger partial charge on any atom is 0.0534 e. The fraction of sp³-hybridized carbons (Fsp3) is 0.400. The molecule has 1 aromatic heterocycles. The van der Waals surface area contributed by atoms with E-state index in [1.807, 2.05) is 30.1 Å². The summed E-state index contributed by atoms with van der Waals surface area (Å²) in [6, 6.07) is 8.78. The molecule has 1 aliphatic rings. The average Bonchev–Trinajstić information content (AvgIpc) is 2.75. The first-order valence-electron chi connectivity index (χ1n) is 6.67. The van der Waals surface area contributed by atoms with Gasteiger partial charge in [0.05, 0.1) is 6.20 Å². The molecule has 1 aromatic carbocycles. The summed E-state index contributed by atoms with van der Waals surface area (Å²) < 4.78 is 1.84. The SMILES string of the molecule is Cn1cc(CNC2CC(c3ccccc3Cl)C2)cn1. The molecule has 1 N–H and O–H groups in total. The Hall–Kier alpha value is -1.32. The van der Waals surface area contributed by atoms with E-state index < -0.39 is 0 Å². The Morgan fingerprint density at radius 3 is 2.84 bits per heavy atom. The van der Waals surface area contributed by atoms with Crippen molar-refractivity contribution in [1.82, 2.24) is 15.1 Å². The van der Waals surface area contributed by atoms with Crippen molar-refractivity contribution in [2.24, 2.45) is 7.05 Å². The van der Waals surface area contributed by atoms with E-state index >= 15 is 0 Å². The van der Waals surface area contributed by atoms with Crippen LogP contribution >= 0.6 is 11.6 Å². The van der Waals surface area contributed by atoms with E-state index in [-0.39, 0.29) is 0 Å². The number of hydrogen-bond donors (Lipinski definition) is 1. The third kappa shape index (κ3) is 2.82. The van der Waals surface area contributed by atoms with Gasteiger partial charge in [-0.05, 0) is 30.4 Å². The predicted octanol–water partition coefficient (Wildman–Crippen LogP) is 3.11. The van der Waals surface area contributed by atoms with E-state index in [9.17, 15) is 0 Å². The molecule has 3 nitrogen and oxygen atoms in total. The lowest BCUT2D eigenvalue weighted by Crippen LogP contribution is -2.39. The second-order valence-electron chi connectivity index (χ2n) is 5.29. The van der Waals surface area contributed by atoms with Crippen molar-refractivity contribution in [1.29, 1.82) is 0 Å². The van der Waals surface area contributed by atoms with Gasteiger partial charge in [0.1, 0.15) is 0 Å². The zero-order valence-electron chi connectivity index (χ0n) is 11.0. The van der Waals surface area contributed by atoms with E-state index in [0.717, 1.165) is 11.6 Å². The van der Waals surface area contributed by atoms with Crippen molar-refractivity contribution in [2.45, 2.75) is 31.3 Å². The van der Waals surface area contributed by atoms with Crippen LogP contribution in [0.5, 0.6) is 0 Å². The lowest BCUT2D eigenvalue weighted by molar-refractivity contribution is 0.289. The number of aryl methyl sites for hydroxylation is 1. The predicted molar refractivity (Wildman–Crippen MR) is 77.3 cm³/mol. The summed E-state index contributed by atoms with van der Waals surface area (Å²) in [5.74, 6) is 0.611. The molecule has 1 heterocycles. The molecular formula is C15H18ClN3. The maximum atomic E-state index is 6.22. The second kappa shape index (κ2) is 5.35. The van der Waals surface area contributed by atoms with Crippen LogP contribution in [0.25, 0.3) is 0 Å². The van der Waals surface area contributed by atoms with Gasteiger partial charge in [0.2, 0.25) is 0 Å². The van der Waals surface area contributed by atoms with Gasteiger partial charge in [-0.1, -0.05) is 29.8 Å². The molecule has 1 saturated carbocycles. The van der Waals surface area contributed by atoms with Crippen LogP contribution in [0.2, 0.25) is 5.02 Å². The normalized spacial score (nSPS) is 22.2. The van der Waals surface area contributed by atoms with E-state index in [4.69, 9.17) is 11.6 Å². The third-order valence-corrected chi connectivity index (χ3v) is 4.18. The molecule has 0 spiro atoms. The second-order valence-corrected chi connectivity index (χ2v) is 5.70. The first kappa shape index (κ1) is 12.7. The molecule has 1 fully saturated rings. The highest BCUT2D eigenvalue weighted by Crippen LogP contribution is 2.39. The molecule has 0 unspecified atom stereocenters. The molecule has 2 aromatic rings. The molecule has 19 heavy (non-hydrogen) atoms. The van der Waals surface area contributed by atoms with Gasteiger partial charge in [0.15, 0.2) is 0 Å². The number of rotatable bonds is 4. The van der Waals surface area contributed by atoms with E-state index in [1.54, 1.807) is 0 Å². The highest BCUT2D eigenvalue weighted by Gasteiger charge is 2.30. The van der Waals surface area contributed by atoms with Crippen molar-refractivity contribution >= 4 is 11.6 Å². The molecule has 3 rings (SSSR count). The smallest absolute Gasteiger partial charge is 0.0534 e. The first-order valence-corrected chi connectivity index (χ1v) is 7.05. The van der Waals surface area contributed by atoms with Crippen molar-refractivity contribution in [3.63, 3.8) is 0 Å². The van der Waals surface area contributed by atoms with Crippen LogP contribution in [-0.4, -0.2) is 15.8 Å². The molecule has 0 aliphatic heterocycles. The standard InChI is InChI=1S/C15H18ClN3/c1-19-10-11(9-18-19)8-17-13-6-12(7-13)14-4-2-3-5-15(14)16/h2-5,9-10,12-13,17H,6-8H2,1H3. The minimum absolute atomic E-state index is 0.599. The van der Waals surface area contributed by atoms with Crippen LogP contribution in [0.1, 0.15) is 29.9 Å². The Kier molecular flexibility index (Phi) is 3.58. The Morgan fingerprint density at radius 2 is 2.16 bits per heavy atom. The number of aromatic nitrogens is 2. The van der Waals surface area contributed by atoms with E-state index in [0.29, 0.717) is 12.0 Å². The minimum atomic E-state index is 0.599. The fourth-order valence-corrected chi connectivity index (χ4v) is 2.96. The summed E-state index contributed by atoms with van der Waals surface area (Å²) in [5, 5.41) is 8.64. The van der Waals surface area contributed by atoms with Crippen molar-refractivity contribution in [2.75, 3.05) is 0 Å². The van der Waals surface area contributed by atoms with Crippen LogP contribution in [-0.2, 0) is 13.6 Å². The summed E-state index contributed by atoms with van der Waals surface area (Å²) in [6.45, 7) is 0.897. The summed E-state index contributed by atoms with van der Waals surface area (Å²) in [5.41, 5.74) is 2.53. The Balaban J connectivity index is 1.49. The van der Waals surface area contributed by atoms with Gasteiger partial charge in [-0.2, -0.15) is 5.10 Å². The molecule has 0 saturated heterocycles. The first-order chi connectivity index (χ1) is 9.22. The van der Waals surface area contributed by atoms with Crippen molar-refractivity contribution in [3.05, 3.63) is 52.8 Å². The lowest BCUT2D eigenvalue weighted by Gasteiger charge is -2.36.